The topological polar surface area (TPSA) is 78.5 Å². The van der Waals surface area contributed by atoms with Crippen LogP contribution in [0.4, 0.5) is 4.79 Å². The van der Waals surface area contributed by atoms with Crippen molar-refractivity contribution in [3.8, 4) is 0 Å². The van der Waals surface area contributed by atoms with Crippen molar-refractivity contribution in [3.63, 3.8) is 0 Å². The highest BCUT2D eigenvalue weighted by Gasteiger charge is 2.43. The lowest BCUT2D eigenvalue weighted by atomic mass is 9.64. The van der Waals surface area contributed by atoms with E-state index in [-0.39, 0.29) is 29.8 Å². The Hall–Kier alpha value is -2.37. The molecule has 0 spiro atoms. The fourth-order valence-electron chi connectivity index (χ4n) is 3.74. The minimum Gasteiger partial charge on any atom is -0.355 e. The molecule has 1 saturated heterocycles. The van der Waals surface area contributed by atoms with E-state index in [1.54, 1.807) is 13.8 Å². The van der Waals surface area contributed by atoms with Crippen LogP contribution in [0.25, 0.3) is 0 Å². The Morgan fingerprint density at radius 2 is 1.88 bits per heavy atom. The van der Waals surface area contributed by atoms with Crippen molar-refractivity contribution in [3.05, 3.63) is 35.9 Å². The molecule has 0 aromatic heterocycles. The number of imide groups is 1. The van der Waals surface area contributed by atoms with Crippen molar-refractivity contribution in [1.29, 1.82) is 0 Å². The molecule has 6 heteroatoms. The third-order valence-corrected chi connectivity index (χ3v) is 5.55. The van der Waals surface area contributed by atoms with Gasteiger partial charge in [0.05, 0.1) is 0 Å². The maximum atomic E-state index is 12.2. The molecule has 4 amide bonds. The molecule has 2 aliphatic rings. The van der Waals surface area contributed by atoms with Crippen LogP contribution < -0.4 is 10.6 Å². The summed E-state index contributed by atoms with van der Waals surface area (Å²) in [4.78, 5) is 37.4. The smallest absolute Gasteiger partial charge is 0.325 e. The van der Waals surface area contributed by atoms with E-state index in [0.29, 0.717) is 19.4 Å². The zero-order valence-corrected chi connectivity index (χ0v) is 15.5. The van der Waals surface area contributed by atoms with E-state index in [1.807, 2.05) is 18.2 Å². The second kappa shape index (κ2) is 7.09. The van der Waals surface area contributed by atoms with Gasteiger partial charge in [-0.2, -0.15) is 0 Å². The first-order valence-corrected chi connectivity index (χ1v) is 9.30. The second-order valence-electron chi connectivity index (χ2n) is 7.89. The first kappa shape index (κ1) is 18.4. The third-order valence-electron chi connectivity index (χ3n) is 5.55. The molecule has 6 nitrogen and oxygen atoms in total. The molecule has 1 heterocycles. The van der Waals surface area contributed by atoms with Crippen LogP contribution >= 0.6 is 0 Å². The molecule has 0 atom stereocenters. The largest absolute Gasteiger partial charge is 0.355 e. The average Bonchev–Trinajstić information content (AvgIpc) is 2.76. The number of amides is 4. The van der Waals surface area contributed by atoms with E-state index < -0.39 is 5.54 Å². The average molecular weight is 357 g/mol. The highest BCUT2D eigenvalue weighted by Crippen LogP contribution is 2.43. The van der Waals surface area contributed by atoms with E-state index >= 15 is 0 Å². The molecule has 1 aliphatic heterocycles. The maximum absolute atomic E-state index is 12.2. The highest BCUT2D eigenvalue weighted by molar-refractivity contribution is 6.06. The van der Waals surface area contributed by atoms with Gasteiger partial charge in [-0.05, 0) is 38.7 Å². The Kier molecular flexibility index (Phi) is 5.03. The van der Waals surface area contributed by atoms with Gasteiger partial charge in [-0.15, -0.1) is 0 Å². The number of carbonyl (C=O) groups excluding carboxylic acids is 3. The standard InChI is InChI=1S/C20H27N3O3/c1-19(2)17(25)23(18(26)22-19)13-6-10-16(24)21-14-20(11-7-12-20)15-8-4-3-5-9-15/h3-5,8-9H,6-7,10-14H2,1-2H3,(H,21,24)(H,22,26). The van der Waals surface area contributed by atoms with Gasteiger partial charge in [-0.3, -0.25) is 14.5 Å². The second-order valence-corrected chi connectivity index (χ2v) is 7.89. The first-order chi connectivity index (χ1) is 12.3. The summed E-state index contributed by atoms with van der Waals surface area (Å²) in [5.74, 6) is -0.265. The Labute approximate surface area is 154 Å². The van der Waals surface area contributed by atoms with Crippen molar-refractivity contribution >= 4 is 17.8 Å². The van der Waals surface area contributed by atoms with E-state index in [0.717, 1.165) is 12.8 Å². The summed E-state index contributed by atoms with van der Waals surface area (Å²) in [6.45, 7) is 4.28. The predicted octanol–water partition coefficient (Wildman–Crippen LogP) is 2.34. The lowest BCUT2D eigenvalue weighted by molar-refractivity contribution is -0.130. The minimum atomic E-state index is -0.856. The molecule has 3 rings (SSSR count). The number of hydrogen-bond donors (Lipinski definition) is 2. The van der Waals surface area contributed by atoms with Crippen LogP contribution in [-0.4, -0.2) is 41.4 Å². The lowest BCUT2D eigenvalue weighted by Crippen LogP contribution is -2.45. The van der Waals surface area contributed by atoms with Gasteiger partial charge in [0.15, 0.2) is 0 Å². The molecular weight excluding hydrogens is 330 g/mol. The number of nitrogens with one attached hydrogen (secondary N) is 2. The molecule has 2 N–H and O–H groups in total. The van der Waals surface area contributed by atoms with E-state index in [4.69, 9.17) is 0 Å². The van der Waals surface area contributed by atoms with Crippen molar-refractivity contribution in [2.75, 3.05) is 13.1 Å². The van der Waals surface area contributed by atoms with E-state index in [1.165, 1.54) is 16.9 Å². The van der Waals surface area contributed by atoms with Crippen molar-refractivity contribution in [2.45, 2.75) is 56.9 Å². The third kappa shape index (κ3) is 3.59. The molecule has 0 bridgehead atoms. The molecular formula is C20H27N3O3. The summed E-state index contributed by atoms with van der Waals surface area (Å²) in [5, 5.41) is 5.69. The molecule has 26 heavy (non-hydrogen) atoms. The molecule has 0 unspecified atom stereocenters. The van der Waals surface area contributed by atoms with Crippen LogP contribution in [0.3, 0.4) is 0 Å². The van der Waals surface area contributed by atoms with E-state index in [2.05, 4.69) is 22.8 Å². The van der Waals surface area contributed by atoms with Gasteiger partial charge in [0.25, 0.3) is 5.91 Å². The van der Waals surface area contributed by atoms with Crippen LogP contribution in [0.5, 0.6) is 0 Å². The van der Waals surface area contributed by atoms with E-state index in [9.17, 15) is 14.4 Å². The summed E-state index contributed by atoms with van der Waals surface area (Å²) in [6.07, 6.45) is 4.15. The molecule has 1 saturated carbocycles. The number of benzene rings is 1. The molecule has 1 aromatic carbocycles. The zero-order valence-electron chi connectivity index (χ0n) is 15.5. The normalized spacial score (nSPS) is 20.5. The Balaban J connectivity index is 1.45. The minimum absolute atomic E-state index is 0.0291. The van der Waals surface area contributed by atoms with Gasteiger partial charge >= 0.3 is 6.03 Å². The summed E-state index contributed by atoms with van der Waals surface area (Å²) in [6, 6.07) is 9.96. The number of carbonyl (C=O) groups is 3. The Morgan fingerprint density at radius 3 is 2.42 bits per heavy atom. The van der Waals surface area contributed by atoms with Crippen molar-refractivity contribution < 1.29 is 14.4 Å². The van der Waals surface area contributed by atoms with Crippen molar-refractivity contribution in [2.24, 2.45) is 0 Å². The lowest BCUT2D eigenvalue weighted by Gasteiger charge is -2.42. The SMILES string of the molecule is CC1(C)NC(=O)N(CCCC(=O)NCC2(c3ccccc3)CCC2)C1=O. The monoisotopic (exact) mass is 357 g/mol. The first-order valence-electron chi connectivity index (χ1n) is 9.30. The van der Waals surface area contributed by atoms with Crippen LogP contribution in [0.2, 0.25) is 0 Å². The number of rotatable bonds is 7. The fraction of sp³-hybridized carbons (Fsp3) is 0.550. The molecule has 140 valence electrons. The highest BCUT2D eigenvalue weighted by atomic mass is 16.2. The molecule has 2 fully saturated rings. The van der Waals surface area contributed by atoms with Gasteiger partial charge < -0.3 is 10.6 Å². The van der Waals surface area contributed by atoms with Gasteiger partial charge in [0.2, 0.25) is 5.91 Å². The van der Waals surface area contributed by atoms with Gasteiger partial charge in [0, 0.05) is 24.9 Å². The molecule has 0 radical (unpaired) electrons. The predicted molar refractivity (Wildman–Crippen MR) is 98.5 cm³/mol. The summed E-state index contributed by atoms with van der Waals surface area (Å²) in [7, 11) is 0. The zero-order chi connectivity index (χ0) is 18.8. The summed E-state index contributed by atoms with van der Waals surface area (Å²) >= 11 is 0. The van der Waals surface area contributed by atoms with Gasteiger partial charge in [-0.1, -0.05) is 36.8 Å². The van der Waals surface area contributed by atoms with Gasteiger partial charge in [0.1, 0.15) is 5.54 Å². The van der Waals surface area contributed by atoms with Crippen LogP contribution in [0.1, 0.15) is 51.5 Å². The van der Waals surface area contributed by atoms with Crippen LogP contribution in [0, 0.1) is 0 Å². The molecule has 1 aromatic rings. The quantitative estimate of drug-likeness (QED) is 0.735. The van der Waals surface area contributed by atoms with Crippen LogP contribution in [-0.2, 0) is 15.0 Å². The Morgan fingerprint density at radius 1 is 1.19 bits per heavy atom. The number of hydrogen-bond acceptors (Lipinski definition) is 3. The number of nitrogens with zero attached hydrogens (tertiary/aromatic N) is 1. The maximum Gasteiger partial charge on any atom is 0.325 e. The fourth-order valence-corrected chi connectivity index (χ4v) is 3.74. The van der Waals surface area contributed by atoms with Crippen molar-refractivity contribution in [1.82, 2.24) is 15.5 Å². The van der Waals surface area contributed by atoms with Gasteiger partial charge in [-0.25, -0.2) is 4.79 Å². The number of urea groups is 1. The Bertz CT molecular complexity index is 696. The summed E-state index contributed by atoms with van der Waals surface area (Å²) in [5.41, 5.74) is 0.491. The molecule has 1 aliphatic carbocycles. The summed E-state index contributed by atoms with van der Waals surface area (Å²) < 4.78 is 0. The van der Waals surface area contributed by atoms with Crippen LogP contribution in [0.15, 0.2) is 30.3 Å².